The van der Waals surface area contributed by atoms with Crippen molar-refractivity contribution >= 4 is 34.8 Å². The lowest BCUT2D eigenvalue weighted by molar-refractivity contribution is -0.124. The Labute approximate surface area is 192 Å². The number of fused-ring (bicyclic) bond motifs is 1. The molecular formula is C23H31N5O3S. The number of piperidine rings is 2. The lowest BCUT2D eigenvalue weighted by atomic mass is 9.90. The molecule has 1 aromatic heterocycles. The summed E-state index contributed by atoms with van der Waals surface area (Å²) in [6.07, 6.45) is 4.56. The number of rotatable bonds is 5. The summed E-state index contributed by atoms with van der Waals surface area (Å²) >= 11 is 1.26. The molecule has 32 heavy (non-hydrogen) atoms. The van der Waals surface area contributed by atoms with Crippen LogP contribution in [0.1, 0.15) is 44.6 Å². The number of ether oxygens (including phenoxy) is 1. The highest BCUT2D eigenvalue weighted by molar-refractivity contribution is 7.00. The highest BCUT2D eigenvalue weighted by atomic mass is 32.1. The number of carbonyl (C=O) groups excluding carboxylic acids is 2. The molecule has 1 aromatic carbocycles. The molecule has 0 unspecified atom stereocenters. The second-order valence-electron chi connectivity index (χ2n) is 9.45. The summed E-state index contributed by atoms with van der Waals surface area (Å²) in [4.78, 5) is 29.0. The molecule has 3 fully saturated rings. The topological polar surface area (TPSA) is 87.7 Å². The van der Waals surface area contributed by atoms with Crippen molar-refractivity contribution in [3.05, 3.63) is 23.8 Å². The van der Waals surface area contributed by atoms with Gasteiger partial charge >= 0.3 is 6.09 Å². The Balaban J connectivity index is 1.06. The van der Waals surface area contributed by atoms with Gasteiger partial charge in [-0.15, -0.1) is 0 Å². The molecule has 2 saturated heterocycles. The van der Waals surface area contributed by atoms with E-state index in [1.807, 2.05) is 6.92 Å². The third-order valence-corrected chi connectivity index (χ3v) is 8.01. The second-order valence-corrected chi connectivity index (χ2v) is 9.98. The van der Waals surface area contributed by atoms with Gasteiger partial charge in [0.05, 0.1) is 18.3 Å². The van der Waals surface area contributed by atoms with Crippen molar-refractivity contribution in [2.75, 3.05) is 32.8 Å². The molecule has 1 aliphatic carbocycles. The predicted molar refractivity (Wildman–Crippen MR) is 122 cm³/mol. The fraction of sp³-hybridized carbons (Fsp3) is 0.652. The molecule has 3 aliphatic rings. The van der Waals surface area contributed by atoms with Crippen LogP contribution in [0.5, 0.6) is 0 Å². The van der Waals surface area contributed by atoms with E-state index in [9.17, 15) is 9.59 Å². The van der Waals surface area contributed by atoms with Gasteiger partial charge in [0, 0.05) is 31.6 Å². The minimum atomic E-state index is -0.242. The molecule has 9 heteroatoms. The molecule has 0 radical (unpaired) electrons. The number of benzene rings is 1. The standard InChI is InChI=1S/C23H31N5O3S/c1-2-31-22(30)28-9-5-17(6-10-28)24-21(29)18-14-23(18)7-11-27(12-8-23)15-16-3-4-19-20(13-16)26-32-25-19/h3-4,13,17-18H,2,5-12,14-15H2,1H3,(H,24,29)/t18-/m1/s1. The molecule has 8 nitrogen and oxygen atoms in total. The number of aromatic nitrogens is 2. The van der Waals surface area contributed by atoms with E-state index < -0.39 is 0 Å². The minimum Gasteiger partial charge on any atom is -0.450 e. The van der Waals surface area contributed by atoms with Crippen molar-refractivity contribution in [2.24, 2.45) is 11.3 Å². The Kier molecular flexibility index (Phi) is 6.03. The summed E-state index contributed by atoms with van der Waals surface area (Å²) in [5, 5.41) is 3.27. The van der Waals surface area contributed by atoms with Crippen LogP contribution in [0.2, 0.25) is 0 Å². The molecular weight excluding hydrogens is 426 g/mol. The summed E-state index contributed by atoms with van der Waals surface area (Å²) in [7, 11) is 0. The Morgan fingerprint density at radius 1 is 1.16 bits per heavy atom. The Morgan fingerprint density at radius 3 is 2.66 bits per heavy atom. The Bertz CT molecular complexity index is 979. The third-order valence-electron chi connectivity index (χ3n) is 7.45. The number of hydrogen-bond donors (Lipinski definition) is 1. The zero-order valence-electron chi connectivity index (χ0n) is 18.6. The van der Waals surface area contributed by atoms with Crippen LogP contribution >= 0.6 is 11.7 Å². The van der Waals surface area contributed by atoms with Crippen molar-refractivity contribution in [1.82, 2.24) is 23.9 Å². The molecule has 3 heterocycles. The van der Waals surface area contributed by atoms with Gasteiger partial charge in [-0.2, -0.15) is 8.75 Å². The molecule has 5 rings (SSSR count). The minimum absolute atomic E-state index is 0.158. The fourth-order valence-corrected chi connectivity index (χ4v) is 5.85. The van der Waals surface area contributed by atoms with Gasteiger partial charge in [-0.25, -0.2) is 4.79 Å². The number of likely N-dealkylation sites (tertiary alicyclic amines) is 2. The summed E-state index contributed by atoms with van der Waals surface area (Å²) in [6, 6.07) is 6.51. The Hall–Kier alpha value is -2.26. The normalized spacial score (nSPS) is 23.4. The zero-order chi connectivity index (χ0) is 22.1. The predicted octanol–water partition coefficient (Wildman–Crippen LogP) is 3.03. The molecule has 2 aliphatic heterocycles. The Morgan fingerprint density at radius 2 is 1.91 bits per heavy atom. The van der Waals surface area contributed by atoms with Gasteiger partial charge in [0.15, 0.2) is 0 Å². The molecule has 1 spiro atoms. The van der Waals surface area contributed by atoms with E-state index in [4.69, 9.17) is 4.74 Å². The second kappa shape index (κ2) is 8.94. The van der Waals surface area contributed by atoms with E-state index in [2.05, 4.69) is 37.2 Å². The number of amides is 2. The average Bonchev–Trinajstić information content (AvgIpc) is 3.30. The maximum absolute atomic E-state index is 12.9. The monoisotopic (exact) mass is 457 g/mol. The van der Waals surface area contributed by atoms with E-state index in [1.165, 1.54) is 17.3 Å². The maximum atomic E-state index is 12.9. The van der Waals surface area contributed by atoms with Crippen LogP contribution in [0.15, 0.2) is 18.2 Å². The van der Waals surface area contributed by atoms with Gasteiger partial charge in [-0.05, 0) is 75.2 Å². The quantitative estimate of drug-likeness (QED) is 0.743. The summed E-state index contributed by atoms with van der Waals surface area (Å²) in [5.74, 6) is 0.375. The molecule has 1 saturated carbocycles. The molecule has 1 atom stereocenters. The first kappa shape index (κ1) is 21.6. The highest BCUT2D eigenvalue weighted by Crippen LogP contribution is 2.59. The molecule has 1 N–H and O–H groups in total. The van der Waals surface area contributed by atoms with E-state index in [0.29, 0.717) is 19.7 Å². The number of nitrogens with one attached hydrogen (secondary N) is 1. The summed E-state index contributed by atoms with van der Waals surface area (Å²) in [5.41, 5.74) is 3.43. The lowest BCUT2D eigenvalue weighted by Gasteiger charge is -2.34. The van der Waals surface area contributed by atoms with Gasteiger partial charge in [-0.3, -0.25) is 9.69 Å². The maximum Gasteiger partial charge on any atom is 0.409 e. The number of hydrogen-bond acceptors (Lipinski definition) is 7. The van der Waals surface area contributed by atoms with E-state index in [0.717, 1.165) is 62.8 Å². The van der Waals surface area contributed by atoms with Crippen LogP contribution in [-0.4, -0.2) is 69.4 Å². The molecule has 2 amide bonds. The van der Waals surface area contributed by atoms with Gasteiger partial charge in [0.25, 0.3) is 0 Å². The van der Waals surface area contributed by atoms with Gasteiger partial charge in [0.2, 0.25) is 5.91 Å². The highest BCUT2D eigenvalue weighted by Gasteiger charge is 2.58. The first-order valence-corrected chi connectivity index (χ1v) is 12.4. The van der Waals surface area contributed by atoms with Crippen LogP contribution in [0.25, 0.3) is 11.0 Å². The van der Waals surface area contributed by atoms with Crippen LogP contribution in [-0.2, 0) is 16.1 Å². The molecule has 172 valence electrons. The van der Waals surface area contributed by atoms with Crippen LogP contribution in [0.4, 0.5) is 4.79 Å². The van der Waals surface area contributed by atoms with E-state index in [-0.39, 0.29) is 29.4 Å². The summed E-state index contributed by atoms with van der Waals surface area (Å²) < 4.78 is 13.7. The SMILES string of the molecule is CCOC(=O)N1CCC(NC(=O)[C@H]2CC23CCN(Cc2ccc4nsnc4c2)CC3)CC1. The molecule has 2 aromatic rings. The van der Waals surface area contributed by atoms with Gasteiger partial charge in [-0.1, -0.05) is 6.07 Å². The lowest BCUT2D eigenvalue weighted by Crippen LogP contribution is -2.47. The van der Waals surface area contributed by atoms with Crippen molar-refractivity contribution in [1.29, 1.82) is 0 Å². The van der Waals surface area contributed by atoms with Crippen molar-refractivity contribution < 1.29 is 14.3 Å². The first-order chi connectivity index (χ1) is 15.6. The average molecular weight is 458 g/mol. The van der Waals surface area contributed by atoms with Crippen LogP contribution in [0.3, 0.4) is 0 Å². The number of carbonyl (C=O) groups is 2. The van der Waals surface area contributed by atoms with Crippen molar-refractivity contribution in [2.45, 2.75) is 51.6 Å². The largest absolute Gasteiger partial charge is 0.450 e. The van der Waals surface area contributed by atoms with Gasteiger partial charge < -0.3 is 15.0 Å². The van der Waals surface area contributed by atoms with Crippen molar-refractivity contribution in [3.8, 4) is 0 Å². The summed E-state index contributed by atoms with van der Waals surface area (Å²) in [6.45, 7) is 6.52. The van der Waals surface area contributed by atoms with Crippen LogP contribution < -0.4 is 5.32 Å². The zero-order valence-corrected chi connectivity index (χ0v) is 19.4. The van der Waals surface area contributed by atoms with Gasteiger partial charge in [0.1, 0.15) is 11.0 Å². The third kappa shape index (κ3) is 4.45. The fourth-order valence-electron chi connectivity index (χ4n) is 5.33. The number of nitrogens with zero attached hydrogens (tertiary/aromatic N) is 4. The molecule has 0 bridgehead atoms. The van der Waals surface area contributed by atoms with E-state index in [1.54, 1.807) is 4.90 Å². The smallest absolute Gasteiger partial charge is 0.409 e. The van der Waals surface area contributed by atoms with E-state index >= 15 is 0 Å². The van der Waals surface area contributed by atoms with Crippen LogP contribution in [0, 0.1) is 11.3 Å². The first-order valence-electron chi connectivity index (χ1n) is 11.7. The van der Waals surface area contributed by atoms with Crippen molar-refractivity contribution in [3.63, 3.8) is 0 Å².